The Morgan fingerprint density at radius 2 is 2.14 bits per heavy atom. The molecule has 0 atom stereocenters. The van der Waals surface area contributed by atoms with Gasteiger partial charge < -0.3 is 9.47 Å². The van der Waals surface area contributed by atoms with Crippen LogP contribution in [0.1, 0.15) is 12.6 Å². The summed E-state index contributed by atoms with van der Waals surface area (Å²) in [5.74, 6) is 0.345. The molecule has 0 radical (unpaired) electrons. The molecule has 2 rings (SSSR count). The van der Waals surface area contributed by atoms with Gasteiger partial charge in [-0.25, -0.2) is 14.3 Å². The summed E-state index contributed by atoms with van der Waals surface area (Å²) < 4.78 is 11.3. The molecule has 2 aromatic heterocycles. The number of hydrogen-bond acceptors (Lipinski definition) is 6. The number of fused-ring (bicyclic) bond motifs is 1. The Labute approximate surface area is 120 Å². The van der Waals surface area contributed by atoms with Crippen molar-refractivity contribution in [2.24, 2.45) is 0 Å². The molecule has 0 bridgehead atoms. The lowest BCUT2D eigenvalue weighted by atomic mass is 10.2. The van der Waals surface area contributed by atoms with E-state index in [1.807, 2.05) is 0 Å². The minimum Gasteiger partial charge on any atom is -0.494 e. The van der Waals surface area contributed by atoms with Crippen LogP contribution in [0.4, 0.5) is 10.7 Å². The largest absolute Gasteiger partial charge is 0.494 e. The molecule has 8 nitrogen and oxygen atoms in total. The second kappa shape index (κ2) is 6.04. The molecule has 0 fully saturated rings. The number of nitrogens with one attached hydrogen (secondary N) is 1. The normalized spacial score (nSPS) is 11.8. The van der Waals surface area contributed by atoms with Crippen LogP contribution in [-0.2, 0) is 14.3 Å². The van der Waals surface area contributed by atoms with Crippen molar-refractivity contribution in [3.05, 3.63) is 29.6 Å². The number of amides is 1. The van der Waals surface area contributed by atoms with Gasteiger partial charge in [0, 0.05) is 11.8 Å². The van der Waals surface area contributed by atoms with E-state index in [0.29, 0.717) is 28.8 Å². The Morgan fingerprint density at radius 3 is 2.76 bits per heavy atom. The first-order chi connectivity index (χ1) is 10.1. The standard InChI is InChI=1S/C13H14N4O4/c1-8(7-18)11(20-2)10-9-5-4-6-17(9)16-12(14-10)15-13(19)21-3/h4-7H,1-3H3,(H,15,16,19)/b11-8+. The number of hydrogen-bond donors (Lipinski definition) is 1. The smallest absolute Gasteiger partial charge is 0.413 e. The quantitative estimate of drug-likeness (QED) is 0.520. The van der Waals surface area contributed by atoms with Gasteiger partial charge in [-0.15, -0.1) is 5.10 Å². The predicted molar refractivity (Wildman–Crippen MR) is 74.7 cm³/mol. The van der Waals surface area contributed by atoms with E-state index in [1.54, 1.807) is 25.3 Å². The van der Waals surface area contributed by atoms with E-state index >= 15 is 0 Å². The molecule has 1 amide bonds. The molecule has 0 saturated heterocycles. The summed E-state index contributed by atoms with van der Waals surface area (Å²) in [4.78, 5) is 26.5. The first kappa shape index (κ1) is 14.5. The molecule has 8 heteroatoms. The second-order valence-corrected chi connectivity index (χ2v) is 4.07. The number of carbonyl (C=O) groups excluding carboxylic acids is 2. The zero-order chi connectivity index (χ0) is 15.4. The molecule has 0 unspecified atom stereocenters. The van der Waals surface area contributed by atoms with Gasteiger partial charge in [-0.3, -0.25) is 10.1 Å². The van der Waals surface area contributed by atoms with Gasteiger partial charge in [0.05, 0.1) is 19.7 Å². The number of allylic oxidation sites excluding steroid dienone is 1. The number of aldehydes is 1. The molecule has 0 spiro atoms. The maximum atomic E-state index is 11.3. The van der Waals surface area contributed by atoms with Crippen molar-refractivity contribution < 1.29 is 19.1 Å². The van der Waals surface area contributed by atoms with Crippen molar-refractivity contribution in [2.45, 2.75) is 6.92 Å². The van der Waals surface area contributed by atoms with Gasteiger partial charge in [0.2, 0.25) is 0 Å². The van der Waals surface area contributed by atoms with Crippen LogP contribution in [0.3, 0.4) is 0 Å². The maximum absolute atomic E-state index is 11.3. The van der Waals surface area contributed by atoms with Crippen LogP contribution in [0.2, 0.25) is 0 Å². The Hall–Kier alpha value is -2.90. The lowest BCUT2D eigenvalue weighted by molar-refractivity contribution is -0.104. The van der Waals surface area contributed by atoms with Crippen molar-refractivity contribution >= 4 is 29.6 Å². The van der Waals surface area contributed by atoms with Gasteiger partial charge in [-0.1, -0.05) is 0 Å². The maximum Gasteiger partial charge on any atom is 0.413 e. The Kier molecular flexibility index (Phi) is 4.17. The van der Waals surface area contributed by atoms with Crippen LogP contribution in [-0.4, -0.2) is 41.2 Å². The van der Waals surface area contributed by atoms with Crippen molar-refractivity contribution in [3.63, 3.8) is 0 Å². The fourth-order valence-corrected chi connectivity index (χ4v) is 1.79. The van der Waals surface area contributed by atoms with Gasteiger partial charge in [0.1, 0.15) is 12.0 Å². The van der Waals surface area contributed by atoms with Crippen LogP contribution in [0.5, 0.6) is 0 Å². The third-order valence-electron chi connectivity index (χ3n) is 2.74. The minimum absolute atomic E-state index is 0.0359. The molecule has 110 valence electrons. The average Bonchev–Trinajstić information content (AvgIpc) is 2.95. The van der Waals surface area contributed by atoms with E-state index in [-0.39, 0.29) is 5.95 Å². The molecule has 2 aromatic rings. The van der Waals surface area contributed by atoms with Gasteiger partial charge in [0.25, 0.3) is 5.95 Å². The summed E-state index contributed by atoms with van der Waals surface area (Å²) in [6, 6.07) is 3.54. The van der Waals surface area contributed by atoms with Crippen molar-refractivity contribution in [1.29, 1.82) is 0 Å². The Balaban J connectivity index is 2.63. The molecular formula is C13H14N4O4. The number of rotatable bonds is 4. The number of methoxy groups -OCH3 is 2. The molecule has 21 heavy (non-hydrogen) atoms. The van der Waals surface area contributed by atoms with E-state index in [2.05, 4.69) is 20.1 Å². The summed E-state index contributed by atoms with van der Waals surface area (Å²) >= 11 is 0. The highest BCUT2D eigenvalue weighted by atomic mass is 16.5. The third-order valence-corrected chi connectivity index (χ3v) is 2.74. The fraction of sp³-hybridized carbons (Fsp3) is 0.231. The number of ether oxygens (including phenoxy) is 2. The van der Waals surface area contributed by atoms with Crippen molar-refractivity contribution in [1.82, 2.24) is 14.6 Å². The highest BCUT2D eigenvalue weighted by Crippen LogP contribution is 2.22. The molecule has 1 N–H and O–H groups in total. The zero-order valence-corrected chi connectivity index (χ0v) is 11.8. The van der Waals surface area contributed by atoms with Crippen LogP contribution in [0.15, 0.2) is 23.9 Å². The molecular weight excluding hydrogens is 276 g/mol. The molecule has 0 aliphatic heterocycles. The van der Waals surface area contributed by atoms with Crippen molar-refractivity contribution in [2.75, 3.05) is 19.5 Å². The van der Waals surface area contributed by atoms with Crippen LogP contribution in [0.25, 0.3) is 11.3 Å². The van der Waals surface area contributed by atoms with Gasteiger partial charge in [-0.05, 0) is 19.1 Å². The van der Waals surface area contributed by atoms with Crippen LogP contribution < -0.4 is 5.32 Å². The lowest BCUT2D eigenvalue weighted by Gasteiger charge is -2.11. The molecule has 2 heterocycles. The zero-order valence-electron chi connectivity index (χ0n) is 11.8. The number of carbonyl (C=O) groups is 2. The fourth-order valence-electron chi connectivity index (χ4n) is 1.79. The van der Waals surface area contributed by atoms with Gasteiger partial charge in [0.15, 0.2) is 5.76 Å². The van der Waals surface area contributed by atoms with Gasteiger partial charge >= 0.3 is 6.09 Å². The number of anilines is 1. The second-order valence-electron chi connectivity index (χ2n) is 4.07. The summed E-state index contributed by atoms with van der Waals surface area (Å²) in [7, 11) is 2.68. The first-order valence-corrected chi connectivity index (χ1v) is 6.01. The molecule has 0 saturated carbocycles. The minimum atomic E-state index is -0.692. The van der Waals surface area contributed by atoms with Crippen LogP contribution >= 0.6 is 0 Å². The Morgan fingerprint density at radius 1 is 1.38 bits per heavy atom. The number of aromatic nitrogens is 3. The molecule has 0 aliphatic rings. The molecule has 0 aromatic carbocycles. The van der Waals surface area contributed by atoms with Crippen LogP contribution in [0, 0.1) is 0 Å². The summed E-state index contributed by atoms with van der Waals surface area (Å²) in [6.07, 6.45) is 1.67. The topological polar surface area (TPSA) is 94.8 Å². The van der Waals surface area contributed by atoms with E-state index in [0.717, 1.165) is 0 Å². The summed E-state index contributed by atoms with van der Waals surface area (Å²) in [6.45, 7) is 1.61. The number of nitrogens with zero attached hydrogens (tertiary/aromatic N) is 3. The highest BCUT2D eigenvalue weighted by molar-refractivity contribution is 5.88. The lowest BCUT2D eigenvalue weighted by Crippen LogP contribution is -2.16. The third kappa shape index (κ3) is 2.83. The first-order valence-electron chi connectivity index (χ1n) is 6.01. The monoisotopic (exact) mass is 290 g/mol. The summed E-state index contributed by atoms with van der Waals surface area (Å²) in [5.41, 5.74) is 1.42. The van der Waals surface area contributed by atoms with E-state index in [1.165, 1.54) is 18.7 Å². The van der Waals surface area contributed by atoms with E-state index in [9.17, 15) is 9.59 Å². The van der Waals surface area contributed by atoms with E-state index < -0.39 is 6.09 Å². The van der Waals surface area contributed by atoms with E-state index in [4.69, 9.17) is 4.74 Å². The SMILES string of the molecule is COC(=O)Nc1nc(/C(OC)=C(/C)C=O)c2cccn2n1. The Bertz CT molecular complexity index is 720. The molecule has 0 aliphatic carbocycles. The van der Waals surface area contributed by atoms with Crippen molar-refractivity contribution in [3.8, 4) is 0 Å². The predicted octanol–water partition coefficient (Wildman–Crippen LogP) is 1.48. The van der Waals surface area contributed by atoms with Gasteiger partial charge in [-0.2, -0.15) is 0 Å². The highest BCUT2D eigenvalue weighted by Gasteiger charge is 2.16. The average molecular weight is 290 g/mol. The summed E-state index contributed by atoms with van der Waals surface area (Å²) in [5, 5.41) is 6.49.